The van der Waals surface area contributed by atoms with E-state index in [0.29, 0.717) is 28.0 Å². The number of benzene rings is 2. The highest BCUT2D eigenvalue weighted by atomic mass is 127. The van der Waals surface area contributed by atoms with Gasteiger partial charge in [-0.1, -0.05) is 36.4 Å². The van der Waals surface area contributed by atoms with Gasteiger partial charge in [-0.05, 0) is 75.8 Å². The molecule has 29 heavy (non-hydrogen) atoms. The number of halogens is 2. The van der Waals surface area contributed by atoms with Gasteiger partial charge in [0.15, 0.2) is 11.5 Å². The monoisotopic (exact) mass is 541 g/mol. The second-order valence-corrected chi connectivity index (χ2v) is 8.62. The van der Waals surface area contributed by atoms with Gasteiger partial charge in [0, 0.05) is 5.02 Å². The SMILES string of the molecule is C=CCOc1c(I)cc(C=C2SC(=O)N(Cc3ccc(Cl)cc3)C2=O)cc1OC. The first-order valence-electron chi connectivity index (χ1n) is 8.54. The molecule has 0 aromatic heterocycles. The van der Waals surface area contributed by atoms with Gasteiger partial charge in [0.2, 0.25) is 0 Å². The minimum absolute atomic E-state index is 0.203. The fourth-order valence-corrected chi connectivity index (χ4v) is 4.41. The summed E-state index contributed by atoms with van der Waals surface area (Å²) < 4.78 is 11.9. The number of imide groups is 1. The minimum atomic E-state index is -0.323. The zero-order valence-corrected chi connectivity index (χ0v) is 19.2. The lowest BCUT2D eigenvalue weighted by Crippen LogP contribution is -2.27. The van der Waals surface area contributed by atoms with Crippen LogP contribution in [-0.4, -0.2) is 29.8 Å². The Morgan fingerprint density at radius 2 is 1.97 bits per heavy atom. The lowest BCUT2D eigenvalue weighted by molar-refractivity contribution is -0.123. The largest absolute Gasteiger partial charge is 0.493 e. The molecule has 3 rings (SSSR count). The van der Waals surface area contributed by atoms with Crippen LogP contribution < -0.4 is 9.47 Å². The van der Waals surface area contributed by atoms with E-state index < -0.39 is 0 Å². The Bertz CT molecular complexity index is 991. The highest BCUT2D eigenvalue weighted by Gasteiger charge is 2.35. The average molecular weight is 542 g/mol. The van der Waals surface area contributed by atoms with E-state index in [9.17, 15) is 9.59 Å². The Labute approximate surface area is 191 Å². The first-order valence-corrected chi connectivity index (χ1v) is 10.8. The molecule has 150 valence electrons. The van der Waals surface area contributed by atoms with E-state index in [0.717, 1.165) is 26.5 Å². The number of hydrogen-bond donors (Lipinski definition) is 0. The van der Waals surface area contributed by atoms with Crippen LogP contribution in [0.1, 0.15) is 11.1 Å². The van der Waals surface area contributed by atoms with Gasteiger partial charge in [0.05, 0.1) is 22.1 Å². The van der Waals surface area contributed by atoms with E-state index in [4.69, 9.17) is 21.1 Å². The molecule has 0 N–H and O–H groups in total. The molecule has 2 aromatic carbocycles. The van der Waals surface area contributed by atoms with Crippen LogP contribution >= 0.6 is 46.0 Å². The Balaban J connectivity index is 1.84. The summed E-state index contributed by atoms with van der Waals surface area (Å²) in [6.07, 6.45) is 3.34. The van der Waals surface area contributed by atoms with E-state index >= 15 is 0 Å². The van der Waals surface area contributed by atoms with Crippen molar-refractivity contribution in [2.24, 2.45) is 0 Å². The van der Waals surface area contributed by atoms with Crippen molar-refractivity contribution in [2.45, 2.75) is 6.54 Å². The van der Waals surface area contributed by atoms with Crippen molar-refractivity contribution < 1.29 is 19.1 Å². The summed E-state index contributed by atoms with van der Waals surface area (Å²) in [7, 11) is 1.55. The third-order valence-electron chi connectivity index (χ3n) is 4.02. The molecule has 2 amide bonds. The molecule has 8 heteroatoms. The Morgan fingerprint density at radius 3 is 2.62 bits per heavy atom. The molecule has 5 nitrogen and oxygen atoms in total. The zero-order chi connectivity index (χ0) is 21.0. The van der Waals surface area contributed by atoms with Crippen molar-refractivity contribution in [2.75, 3.05) is 13.7 Å². The molecule has 1 aliphatic heterocycles. The summed E-state index contributed by atoms with van der Waals surface area (Å²) in [5.41, 5.74) is 1.58. The van der Waals surface area contributed by atoms with Crippen molar-refractivity contribution in [1.29, 1.82) is 0 Å². The molecule has 0 bridgehead atoms. The predicted molar refractivity (Wildman–Crippen MR) is 124 cm³/mol. The molecular weight excluding hydrogens is 525 g/mol. The lowest BCUT2D eigenvalue weighted by atomic mass is 10.1. The summed E-state index contributed by atoms with van der Waals surface area (Å²) in [6, 6.07) is 10.7. The first kappa shape index (κ1) is 21.7. The van der Waals surface area contributed by atoms with Crippen LogP contribution in [0.25, 0.3) is 6.08 Å². The number of nitrogens with zero attached hydrogens (tertiary/aromatic N) is 1. The molecule has 2 aromatic rings. The van der Waals surface area contributed by atoms with Crippen LogP contribution in [0.5, 0.6) is 11.5 Å². The third kappa shape index (κ3) is 5.15. The van der Waals surface area contributed by atoms with E-state index in [1.165, 1.54) is 4.90 Å². The summed E-state index contributed by atoms with van der Waals surface area (Å²) in [5, 5.41) is 0.302. The van der Waals surface area contributed by atoms with Crippen LogP contribution in [-0.2, 0) is 11.3 Å². The topological polar surface area (TPSA) is 55.8 Å². The van der Waals surface area contributed by atoms with Gasteiger partial charge in [-0.15, -0.1) is 0 Å². The molecule has 0 aliphatic carbocycles. The highest BCUT2D eigenvalue weighted by molar-refractivity contribution is 14.1. The quantitative estimate of drug-likeness (QED) is 0.254. The van der Waals surface area contributed by atoms with Crippen molar-refractivity contribution >= 4 is 63.2 Å². The number of ether oxygens (including phenoxy) is 2. The molecule has 1 fully saturated rings. The Morgan fingerprint density at radius 1 is 1.24 bits per heavy atom. The molecule has 0 atom stereocenters. The van der Waals surface area contributed by atoms with Crippen LogP contribution in [0.3, 0.4) is 0 Å². The maximum Gasteiger partial charge on any atom is 0.293 e. The molecule has 0 saturated carbocycles. The Kier molecular flexibility index (Phi) is 7.26. The summed E-state index contributed by atoms with van der Waals surface area (Å²) >= 11 is 8.96. The maximum absolute atomic E-state index is 12.8. The predicted octanol–water partition coefficient (Wildman–Crippen LogP) is 5.75. The van der Waals surface area contributed by atoms with Gasteiger partial charge in [-0.2, -0.15) is 0 Å². The van der Waals surface area contributed by atoms with Gasteiger partial charge in [0.1, 0.15) is 6.61 Å². The van der Waals surface area contributed by atoms with E-state index in [1.807, 2.05) is 6.07 Å². The smallest absolute Gasteiger partial charge is 0.293 e. The molecule has 0 unspecified atom stereocenters. The summed E-state index contributed by atoms with van der Waals surface area (Å²) in [5.74, 6) is 0.835. The third-order valence-corrected chi connectivity index (χ3v) is 5.98. The normalized spacial score (nSPS) is 15.1. The fourth-order valence-electron chi connectivity index (χ4n) is 2.67. The number of carbonyl (C=O) groups excluding carboxylic acids is 2. The number of hydrogen-bond acceptors (Lipinski definition) is 5. The van der Waals surface area contributed by atoms with Crippen molar-refractivity contribution in [3.8, 4) is 11.5 Å². The highest BCUT2D eigenvalue weighted by Crippen LogP contribution is 2.37. The number of thioether (sulfide) groups is 1. The molecular formula is C21H17ClINO4S. The van der Waals surface area contributed by atoms with Gasteiger partial charge < -0.3 is 9.47 Å². The molecule has 1 aliphatic rings. The second-order valence-electron chi connectivity index (χ2n) is 6.03. The van der Waals surface area contributed by atoms with Gasteiger partial charge >= 0.3 is 0 Å². The Hall–Kier alpha value is -1.97. The van der Waals surface area contributed by atoms with Crippen molar-refractivity contribution in [3.05, 3.63) is 73.7 Å². The van der Waals surface area contributed by atoms with Crippen LogP contribution in [0.2, 0.25) is 5.02 Å². The molecule has 0 radical (unpaired) electrons. The van der Waals surface area contributed by atoms with Gasteiger partial charge in [-0.25, -0.2) is 0 Å². The molecule has 1 heterocycles. The van der Waals surface area contributed by atoms with Crippen LogP contribution in [0, 0.1) is 3.57 Å². The fraction of sp³-hybridized carbons (Fsp3) is 0.143. The van der Waals surface area contributed by atoms with Crippen LogP contribution in [0.4, 0.5) is 4.79 Å². The summed E-state index contributed by atoms with van der Waals surface area (Å²) in [4.78, 5) is 26.7. The number of carbonyl (C=O) groups is 2. The standard InChI is InChI=1S/C21H17ClINO4S/c1-3-8-28-19-16(23)9-14(10-17(19)27-2)11-18-20(25)24(21(26)29-18)12-13-4-6-15(22)7-5-13/h3-7,9-11H,1,8,12H2,2H3. The minimum Gasteiger partial charge on any atom is -0.493 e. The van der Waals surface area contributed by atoms with Gasteiger partial charge in [-0.3, -0.25) is 14.5 Å². The summed E-state index contributed by atoms with van der Waals surface area (Å²) in [6.45, 7) is 4.20. The van der Waals surface area contributed by atoms with Crippen LogP contribution in [0.15, 0.2) is 54.0 Å². The van der Waals surface area contributed by atoms with E-state index in [1.54, 1.807) is 49.6 Å². The van der Waals surface area contributed by atoms with Crippen molar-refractivity contribution in [3.63, 3.8) is 0 Å². The number of amides is 2. The zero-order valence-electron chi connectivity index (χ0n) is 15.5. The average Bonchev–Trinajstić information content (AvgIpc) is 2.95. The number of methoxy groups -OCH3 is 1. The molecule has 1 saturated heterocycles. The van der Waals surface area contributed by atoms with E-state index in [-0.39, 0.29) is 17.7 Å². The molecule has 0 spiro atoms. The maximum atomic E-state index is 12.8. The lowest BCUT2D eigenvalue weighted by Gasteiger charge is -2.13. The van der Waals surface area contributed by atoms with E-state index in [2.05, 4.69) is 29.2 Å². The second kappa shape index (κ2) is 9.69. The van der Waals surface area contributed by atoms with Gasteiger partial charge in [0.25, 0.3) is 11.1 Å². The first-order chi connectivity index (χ1) is 13.9. The number of rotatable bonds is 7. The van der Waals surface area contributed by atoms with Crippen molar-refractivity contribution in [1.82, 2.24) is 4.90 Å².